The Balaban J connectivity index is 0.00000196. The van der Waals surface area contributed by atoms with E-state index in [1.54, 1.807) is 23.0 Å². The minimum atomic E-state index is -0.570. The maximum absolute atomic E-state index is 13.5. The number of likely N-dealkylation sites (N-methyl/N-ethyl adjacent to an activating group) is 1. The van der Waals surface area contributed by atoms with Crippen LogP contribution in [0, 0.1) is 6.92 Å². The first-order chi connectivity index (χ1) is 18.4. The van der Waals surface area contributed by atoms with Crippen LogP contribution < -0.4 is 21.5 Å². The summed E-state index contributed by atoms with van der Waals surface area (Å²) in [5, 5.41) is 2.97. The fourth-order valence-corrected chi connectivity index (χ4v) is 4.94. The van der Waals surface area contributed by atoms with Crippen molar-refractivity contribution in [3.8, 4) is 11.3 Å². The Hall–Kier alpha value is -3.66. The highest BCUT2D eigenvalue weighted by Crippen LogP contribution is 2.25. The van der Waals surface area contributed by atoms with Crippen molar-refractivity contribution in [2.75, 3.05) is 24.2 Å². The van der Waals surface area contributed by atoms with Gasteiger partial charge in [0.25, 0.3) is 5.56 Å². The summed E-state index contributed by atoms with van der Waals surface area (Å²) in [6, 6.07) is 17.0. The summed E-state index contributed by atoms with van der Waals surface area (Å²) in [6.07, 6.45) is 5.41. The maximum Gasteiger partial charge on any atom is 0.294 e. The molecule has 0 radical (unpaired) electrons. The first-order valence-corrected chi connectivity index (χ1v) is 12.7. The number of nitrogens with zero attached hydrogens (tertiary/aromatic N) is 5. The number of fused-ring (bicyclic) bond motifs is 1. The van der Waals surface area contributed by atoms with Crippen LogP contribution in [0.2, 0.25) is 0 Å². The molecular formula is C29H34Cl3N7O2. The number of pyridine rings is 2. The van der Waals surface area contributed by atoms with E-state index in [4.69, 9.17) is 5.73 Å². The fraction of sp³-hybridized carbons (Fsp3) is 0.276. The average molecular weight is 619 g/mol. The van der Waals surface area contributed by atoms with Gasteiger partial charge in [-0.05, 0) is 55.5 Å². The molecule has 0 saturated carbocycles. The second-order valence-electron chi connectivity index (χ2n) is 9.54. The molecule has 3 N–H and O–H groups in total. The number of nitrogen functional groups attached to an aromatic ring is 1. The Labute approximate surface area is 257 Å². The molecule has 3 aromatic heterocycles. The van der Waals surface area contributed by atoms with Crippen LogP contribution in [0.25, 0.3) is 11.3 Å². The monoisotopic (exact) mass is 617 g/mol. The largest absolute Gasteiger partial charge is 0.384 e. The van der Waals surface area contributed by atoms with Gasteiger partial charge in [-0.1, -0.05) is 36.4 Å². The van der Waals surface area contributed by atoms with Crippen LogP contribution in [0.15, 0.2) is 71.8 Å². The minimum absolute atomic E-state index is 0. The average Bonchev–Trinajstić information content (AvgIpc) is 3.37. The van der Waals surface area contributed by atoms with Crippen molar-refractivity contribution in [3.63, 3.8) is 0 Å². The zero-order chi connectivity index (χ0) is 26.6. The molecule has 0 spiro atoms. The number of nitrogens with two attached hydrogens (primary N) is 1. The van der Waals surface area contributed by atoms with Gasteiger partial charge >= 0.3 is 0 Å². The summed E-state index contributed by atoms with van der Waals surface area (Å²) < 4.78 is 1.60. The van der Waals surface area contributed by atoms with Crippen LogP contribution in [-0.2, 0) is 24.2 Å². The summed E-state index contributed by atoms with van der Waals surface area (Å²) in [5.74, 6) is 0.590. The van der Waals surface area contributed by atoms with E-state index in [0.717, 1.165) is 33.8 Å². The number of carbonyl (C=O) groups excluding carboxylic acids is 1. The van der Waals surface area contributed by atoms with Crippen LogP contribution >= 0.6 is 37.2 Å². The topological polar surface area (TPSA) is 119 Å². The lowest BCUT2D eigenvalue weighted by atomic mass is 10.0. The van der Waals surface area contributed by atoms with Gasteiger partial charge in [-0.25, -0.2) is 9.97 Å². The molecule has 5 rings (SSSR count). The molecular weight excluding hydrogens is 585 g/mol. The summed E-state index contributed by atoms with van der Waals surface area (Å²) in [6.45, 7) is 2.77. The molecule has 1 aliphatic heterocycles. The number of halogens is 3. The van der Waals surface area contributed by atoms with Crippen LogP contribution in [0.4, 0.5) is 11.6 Å². The van der Waals surface area contributed by atoms with Crippen molar-refractivity contribution in [1.29, 1.82) is 0 Å². The number of nitrogens with one attached hydrogen (secondary N) is 1. The maximum atomic E-state index is 13.5. The van der Waals surface area contributed by atoms with E-state index < -0.39 is 6.04 Å². The van der Waals surface area contributed by atoms with Gasteiger partial charge < -0.3 is 16.0 Å². The molecule has 0 bridgehead atoms. The Bertz CT molecular complexity index is 1530. The normalized spacial score (nSPS) is 13.2. The molecule has 4 aromatic rings. The minimum Gasteiger partial charge on any atom is -0.384 e. The Morgan fingerprint density at radius 3 is 2.54 bits per heavy atom. The predicted molar refractivity (Wildman–Crippen MR) is 169 cm³/mol. The van der Waals surface area contributed by atoms with E-state index in [-0.39, 0.29) is 48.7 Å². The second-order valence-corrected chi connectivity index (χ2v) is 9.54. The zero-order valence-electron chi connectivity index (χ0n) is 22.8. The van der Waals surface area contributed by atoms with E-state index in [1.807, 2.05) is 55.3 Å². The van der Waals surface area contributed by atoms with Crippen LogP contribution in [-0.4, -0.2) is 39.0 Å². The standard InChI is InChI=1S/C29H31N7O2.3ClH/c1-19-21(10-13-26(30)34-19)17-33-28(37)25-12-11-22-18-32-27(29(38)36(22)25)35(2)16-14-20-7-3-4-8-23(20)24-9-5-6-15-31-24;;;/h3-10,13,15,18,25H,11-12,14,16-17H2,1-2H3,(H2,30,34)(H,33,37);3*1H/t25-;;;/m0.../s1. The van der Waals surface area contributed by atoms with E-state index in [9.17, 15) is 9.59 Å². The third-order valence-electron chi connectivity index (χ3n) is 7.05. The lowest BCUT2D eigenvalue weighted by Gasteiger charge is -2.21. The molecule has 9 nitrogen and oxygen atoms in total. The van der Waals surface area contributed by atoms with E-state index in [1.165, 1.54) is 0 Å². The second kappa shape index (κ2) is 14.8. The first-order valence-electron chi connectivity index (χ1n) is 12.7. The molecule has 4 heterocycles. The van der Waals surface area contributed by atoms with Crippen molar-refractivity contribution in [3.05, 3.63) is 99.9 Å². The first kappa shape index (κ1) is 33.5. The summed E-state index contributed by atoms with van der Waals surface area (Å²) in [4.78, 5) is 41.7. The molecule has 1 aliphatic rings. The van der Waals surface area contributed by atoms with Gasteiger partial charge in [-0.15, -0.1) is 37.2 Å². The van der Waals surface area contributed by atoms with Gasteiger partial charge in [-0.2, -0.15) is 0 Å². The number of hydrogen-bond donors (Lipinski definition) is 2. The molecule has 12 heteroatoms. The molecule has 0 aliphatic carbocycles. The van der Waals surface area contributed by atoms with Crippen molar-refractivity contribution in [2.24, 2.45) is 0 Å². The fourth-order valence-electron chi connectivity index (χ4n) is 4.94. The smallest absolute Gasteiger partial charge is 0.294 e. The number of amides is 1. The SMILES string of the molecule is Cc1nc(N)ccc1CNC(=O)[C@@H]1CCc2cnc(N(C)CCc3ccccc3-c3ccccn3)c(=O)n21.Cl.Cl.Cl. The number of rotatable bonds is 8. The van der Waals surface area contributed by atoms with Crippen molar-refractivity contribution < 1.29 is 4.79 Å². The van der Waals surface area contributed by atoms with Gasteiger partial charge in [0.2, 0.25) is 5.91 Å². The van der Waals surface area contributed by atoms with Crippen LogP contribution in [0.1, 0.15) is 35.0 Å². The number of aryl methyl sites for hydroxylation is 2. The van der Waals surface area contributed by atoms with Crippen LogP contribution in [0.3, 0.4) is 0 Å². The number of hydrogen-bond acceptors (Lipinski definition) is 7. The van der Waals surface area contributed by atoms with Gasteiger partial charge in [0.1, 0.15) is 11.9 Å². The highest BCUT2D eigenvalue weighted by Gasteiger charge is 2.31. The van der Waals surface area contributed by atoms with Gasteiger partial charge in [0.15, 0.2) is 5.82 Å². The highest BCUT2D eigenvalue weighted by atomic mass is 35.5. The molecule has 0 unspecified atom stereocenters. The van der Waals surface area contributed by atoms with Gasteiger partial charge in [-0.3, -0.25) is 19.1 Å². The molecule has 1 aromatic carbocycles. The van der Waals surface area contributed by atoms with Gasteiger partial charge in [0, 0.05) is 49.5 Å². The molecule has 1 atom stereocenters. The molecule has 0 saturated heterocycles. The summed E-state index contributed by atoms with van der Waals surface area (Å²) >= 11 is 0. The predicted octanol–water partition coefficient (Wildman–Crippen LogP) is 4.34. The quantitative estimate of drug-likeness (QED) is 0.302. The Morgan fingerprint density at radius 2 is 1.80 bits per heavy atom. The third kappa shape index (κ3) is 7.35. The third-order valence-corrected chi connectivity index (χ3v) is 7.05. The molecule has 218 valence electrons. The molecule has 1 amide bonds. The molecule has 0 fully saturated rings. The number of benzene rings is 1. The van der Waals surface area contributed by atoms with Crippen molar-refractivity contribution >= 4 is 54.8 Å². The lowest BCUT2D eigenvalue weighted by Crippen LogP contribution is -2.38. The van der Waals surface area contributed by atoms with Crippen molar-refractivity contribution in [2.45, 2.75) is 38.8 Å². The summed E-state index contributed by atoms with van der Waals surface area (Å²) in [7, 11) is 1.86. The number of aromatic nitrogens is 4. The van der Waals surface area contributed by atoms with E-state index >= 15 is 0 Å². The van der Waals surface area contributed by atoms with Crippen LogP contribution in [0.5, 0.6) is 0 Å². The Morgan fingerprint density at radius 1 is 1.05 bits per heavy atom. The summed E-state index contributed by atoms with van der Waals surface area (Å²) in [5.41, 5.74) is 11.1. The zero-order valence-corrected chi connectivity index (χ0v) is 25.3. The number of anilines is 2. The number of carbonyl (C=O) groups is 1. The van der Waals surface area contributed by atoms with Crippen molar-refractivity contribution in [1.82, 2.24) is 24.8 Å². The highest BCUT2D eigenvalue weighted by molar-refractivity contribution is 5.86. The lowest BCUT2D eigenvalue weighted by molar-refractivity contribution is -0.124. The van der Waals surface area contributed by atoms with E-state index in [2.05, 4.69) is 32.4 Å². The van der Waals surface area contributed by atoms with E-state index in [0.29, 0.717) is 44.0 Å². The van der Waals surface area contributed by atoms with Gasteiger partial charge in [0.05, 0.1) is 5.69 Å². The molecule has 41 heavy (non-hydrogen) atoms. The Kier molecular flexibility index (Phi) is 12.1.